The molecular weight excluding hydrogens is 218 g/mol. The zero-order valence-electron chi connectivity index (χ0n) is 10.8. The fourth-order valence-corrected chi connectivity index (χ4v) is 2.63. The van der Waals surface area contributed by atoms with Crippen molar-refractivity contribution in [1.82, 2.24) is 15.2 Å². The third-order valence-electron chi connectivity index (χ3n) is 2.95. The van der Waals surface area contributed by atoms with E-state index < -0.39 is 0 Å². The normalized spacial score (nSPS) is 13.3. The van der Waals surface area contributed by atoms with E-state index in [1.165, 1.54) is 4.88 Å². The molecule has 0 saturated carbocycles. The molecule has 0 aliphatic carbocycles. The highest BCUT2D eigenvalue weighted by molar-refractivity contribution is 7.09. The Bertz CT molecular complexity index is 294. The Hall–Kier alpha value is -0.450. The van der Waals surface area contributed by atoms with Gasteiger partial charge in [0.25, 0.3) is 0 Å². The van der Waals surface area contributed by atoms with Crippen LogP contribution in [0, 0.1) is 6.92 Å². The van der Waals surface area contributed by atoms with Crippen LogP contribution in [0.5, 0.6) is 0 Å². The molecule has 1 heterocycles. The summed E-state index contributed by atoms with van der Waals surface area (Å²) >= 11 is 1.74. The largest absolute Gasteiger partial charge is 0.308 e. The summed E-state index contributed by atoms with van der Waals surface area (Å²) in [5.74, 6) is 0. The molecule has 16 heavy (non-hydrogen) atoms. The average molecular weight is 241 g/mol. The van der Waals surface area contributed by atoms with Crippen molar-refractivity contribution in [3.63, 3.8) is 0 Å². The molecule has 0 aromatic carbocycles. The first kappa shape index (κ1) is 13.6. The van der Waals surface area contributed by atoms with Gasteiger partial charge >= 0.3 is 0 Å². The molecule has 1 unspecified atom stereocenters. The molecular formula is C12H23N3S. The van der Waals surface area contributed by atoms with Crippen molar-refractivity contribution >= 4 is 11.3 Å². The quantitative estimate of drug-likeness (QED) is 0.795. The van der Waals surface area contributed by atoms with Crippen molar-refractivity contribution in [1.29, 1.82) is 0 Å². The fraction of sp³-hybridized carbons (Fsp3) is 0.750. The maximum Gasteiger partial charge on any atom is 0.0798 e. The number of likely N-dealkylation sites (N-methyl/N-ethyl adjacent to an activating group) is 1. The van der Waals surface area contributed by atoms with Crippen molar-refractivity contribution in [2.24, 2.45) is 0 Å². The molecule has 1 N–H and O–H groups in total. The highest BCUT2D eigenvalue weighted by Crippen LogP contribution is 2.20. The van der Waals surface area contributed by atoms with Crippen molar-refractivity contribution < 1.29 is 0 Å². The Labute approximate surface area is 103 Å². The molecule has 0 bridgehead atoms. The van der Waals surface area contributed by atoms with Crippen LogP contribution in [0.15, 0.2) is 5.51 Å². The van der Waals surface area contributed by atoms with Crippen LogP contribution in [0.3, 0.4) is 0 Å². The smallest absolute Gasteiger partial charge is 0.0798 e. The molecule has 1 atom stereocenters. The zero-order chi connectivity index (χ0) is 12.0. The second kappa shape index (κ2) is 6.99. The van der Waals surface area contributed by atoms with E-state index in [1.54, 1.807) is 11.3 Å². The summed E-state index contributed by atoms with van der Waals surface area (Å²) in [6, 6.07) is 0.420. The predicted molar refractivity (Wildman–Crippen MR) is 71.1 cm³/mol. The summed E-state index contributed by atoms with van der Waals surface area (Å²) in [5, 5.41) is 3.55. The van der Waals surface area contributed by atoms with Gasteiger partial charge in [-0.3, -0.25) is 0 Å². The lowest BCUT2D eigenvalue weighted by atomic mass is 10.2. The van der Waals surface area contributed by atoms with E-state index in [4.69, 9.17) is 0 Å². The highest BCUT2D eigenvalue weighted by Gasteiger charge is 2.10. The number of hydrogen-bond donors (Lipinski definition) is 1. The van der Waals surface area contributed by atoms with Gasteiger partial charge in [0.2, 0.25) is 0 Å². The Kier molecular flexibility index (Phi) is 5.95. The maximum absolute atomic E-state index is 4.28. The lowest BCUT2D eigenvalue weighted by Gasteiger charge is -2.20. The molecule has 0 amide bonds. The molecule has 3 nitrogen and oxygen atoms in total. The molecule has 1 aromatic heterocycles. The third kappa shape index (κ3) is 3.85. The van der Waals surface area contributed by atoms with E-state index in [2.05, 4.69) is 42.9 Å². The monoisotopic (exact) mass is 241 g/mol. The van der Waals surface area contributed by atoms with Gasteiger partial charge in [-0.25, -0.2) is 4.98 Å². The fourth-order valence-electron chi connectivity index (χ4n) is 1.80. The number of thiazole rings is 1. The second-order valence-electron chi connectivity index (χ2n) is 4.00. The van der Waals surface area contributed by atoms with E-state index in [9.17, 15) is 0 Å². The molecule has 1 aromatic rings. The number of aromatic nitrogens is 1. The minimum Gasteiger partial charge on any atom is -0.308 e. The van der Waals surface area contributed by atoms with Crippen molar-refractivity contribution in [3.8, 4) is 0 Å². The third-order valence-corrected chi connectivity index (χ3v) is 4.06. The molecule has 92 valence electrons. The number of aryl methyl sites for hydroxylation is 1. The van der Waals surface area contributed by atoms with Gasteiger partial charge in [-0.15, -0.1) is 11.3 Å². The topological polar surface area (TPSA) is 28.2 Å². The van der Waals surface area contributed by atoms with Gasteiger partial charge in [-0.2, -0.15) is 0 Å². The summed E-state index contributed by atoms with van der Waals surface area (Å²) in [7, 11) is 0. The molecule has 0 aliphatic heterocycles. The zero-order valence-corrected chi connectivity index (χ0v) is 11.6. The lowest BCUT2D eigenvalue weighted by molar-refractivity contribution is 0.298. The Morgan fingerprint density at radius 3 is 2.62 bits per heavy atom. The van der Waals surface area contributed by atoms with Gasteiger partial charge in [-0.05, 0) is 26.9 Å². The summed E-state index contributed by atoms with van der Waals surface area (Å²) in [4.78, 5) is 8.07. The number of nitrogens with one attached hydrogen (secondary N) is 1. The molecule has 0 radical (unpaired) electrons. The Morgan fingerprint density at radius 2 is 2.12 bits per heavy atom. The molecule has 0 spiro atoms. The van der Waals surface area contributed by atoms with E-state index in [-0.39, 0.29) is 0 Å². The van der Waals surface area contributed by atoms with Crippen LogP contribution in [0.2, 0.25) is 0 Å². The minimum atomic E-state index is 0.420. The predicted octanol–water partition coefficient (Wildman–Crippen LogP) is 2.44. The van der Waals surface area contributed by atoms with Gasteiger partial charge in [0.05, 0.1) is 11.2 Å². The Balaban J connectivity index is 2.30. The van der Waals surface area contributed by atoms with Gasteiger partial charge in [0.15, 0.2) is 0 Å². The number of nitrogens with zero attached hydrogens (tertiary/aromatic N) is 2. The average Bonchev–Trinajstić information content (AvgIpc) is 2.70. The van der Waals surface area contributed by atoms with Crippen LogP contribution in [0.1, 0.15) is 37.4 Å². The highest BCUT2D eigenvalue weighted by atomic mass is 32.1. The number of hydrogen-bond acceptors (Lipinski definition) is 4. The standard InChI is InChI=1S/C12H23N3S/c1-5-15(6-2)8-7-13-10(3)12-11(4)14-9-16-12/h9-10,13H,5-8H2,1-4H3. The first-order chi connectivity index (χ1) is 7.69. The van der Waals surface area contributed by atoms with Crippen molar-refractivity contribution in [2.45, 2.75) is 33.7 Å². The molecule has 0 fully saturated rings. The van der Waals surface area contributed by atoms with Crippen molar-refractivity contribution in [3.05, 3.63) is 16.1 Å². The summed E-state index contributed by atoms with van der Waals surface area (Å²) in [5.41, 5.74) is 3.08. The Morgan fingerprint density at radius 1 is 1.44 bits per heavy atom. The molecule has 4 heteroatoms. The molecule has 0 saturated heterocycles. The first-order valence-corrected chi connectivity index (χ1v) is 6.92. The van der Waals surface area contributed by atoms with E-state index in [1.807, 2.05) is 5.51 Å². The number of rotatable bonds is 7. The van der Waals surface area contributed by atoms with E-state index in [0.717, 1.165) is 31.9 Å². The van der Waals surface area contributed by atoms with Crippen LogP contribution in [0.4, 0.5) is 0 Å². The van der Waals surface area contributed by atoms with E-state index >= 15 is 0 Å². The maximum atomic E-state index is 4.28. The van der Waals surface area contributed by atoms with Gasteiger partial charge < -0.3 is 10.2 Å². The molecule has 1 rings (SSSR count). The molecule has 0 aliphatic rings. The summed E-state index contributed by atoms with van der Waals surface area (Å²) in [6.07, 6.45) is 0. The SMILES string of the molecule is CCN(CC)CCNC(C)c1scnc1C. The van der Waals surface area contributed by atoms with Crippen LogP contribution < -0.4 is 5.32 Å². The second-order valence-corrected chi connectivity index (χ2v) is 4.89. The van der Waals surface area contributed by atoms with E-state index in [0.29, 0.717) is 6.04 Å². The van der Waals surface area contributed by atoms with Crippen LogP contribution in [0.25, 0.3) is 0 Å². The minimum absolute atomic E-state index is 0.420. The van der Waals surface area contributed by atoms with Crippen molar-refractivity contribution in [2.75, 3.05) is 26.2 Å². The van der Waals surface area contributed by atoms with Gasteiger partial charge in [-0.1, -0.05) is 13.8 Å². The van der Waals surface area contributed by atoms with Crippen LogP contribution >= 0.6 is 11.3 Å². The van der Waals surface area contributed by atoms with Crippen LogP contribution in [-0.2, 0) is 0 Å². The first-order valence-electron chi connectivity index (χ1n) is 6.04. The van der Waals surface area contributed by atoms with Crippen LogP contribution in [-0.4, -0.2) is 36.1 Å². The summed E-state index contributed by atoms with van der Waals surface area (Å²) in [6.45, 7) is 13.1. The lowest BCUT2D eigenvalue weighted by Crippen LogP contribution is -2.32. The summed E-state index contributed by atoms with van der Waals surface area (Å²) < 4.78 is 0. The van der Waals surface area contributed by atoms with Gasteiger partial charge in [0.1, 0.15) is 0 Å². The van der Waals surface area contributed by atoms with Gasteiger partial charge in [0, 0.05) is 24.0 Å².